The first kappa shape index (κ1) is 46.7. The minimum Gasteiger partial charge on any atom is -0.310 e. The Morgan fingerprint density at radius 2 is 0.487 bits per heavy atom. The van der Waals surface area contributed by atoms with Gasteiger partial charge in [0.25, 0.3) is 0 Å². The molecular formula is C78H52N2. The van der Waals surface area contributed by atoms with Crippen LogP contribution in [0.2, 0.25) is 0 Å². The summed E-state index contributed by atoms with van der Waals surface area (Å²) in [6, 6.07) is 116. The van der Waals surface area contributed by atoms with Crippen molar-refractivity contribution in [3.63, 3.8) is 0 Å². The van der Waals surface area contributed by atoms with Gasteiger partial charge in [-0.15, -0.1) is 0 Å². The Balaban J connectivity index is 1.03. The second-order valence-electron chi connectivity index (χ2n) is 20.8. The van der Waals surface area contributed by atoms with E-state index in [1.165, 1.54) is 98.0 Å². The van der Waals surface area contributed by atoms with Crippen molar-refractivity contribution < 1.29 is 0 Å². The van der Waals surface area contributed by atoms with Crippen molar-refractivity contribution >= 4 is 98.8 Å². The zero-order valence-corrected chi connectivity index (χ0v) is 43.9. The lowest BCUT2D eigenvalue weighted by Gasteiger charge is -2.29. The standard InChI is InChI=1S/C78H52N2/c1-3-27-61(28-4-1)79(75-37-17-25-55-21-9-13-33-69(55)75)63-47-49-71-73(51-63)77(59-43-39-57(40-44-59)67-35-15-23-53-19-7-11-31-65(53)67)72-50-48-64(80(62-29-5-2-6-30-62)76-38-18-26-56-22-10-14-34-70(56)76)52-74(72)78(71)60-45-41-58(42-46-60)68-36-16-24-54-20-8-12-32-66(54)68/h1-52H. The maximum Gasteiger partial charge on any atom is 0.0540 e. The molecule has 0 spiro atoms. The highest BCUT2D eigenvalue weighted by molar-refractivity contribution is 6.23. The molecule has 0 radical (unpaired) electrons. The van der Waals surface area contributed by atoms with Crippen molar-refractivity contribution in [1.82, 2.24) is 0 Å². The van der Waals surface area contributed by atoms with E-state index in [9.17, 15) is 0 Å². The van der Waals surface area contributed by atoms with E-state index in [1.807, 2.05) is 0 Å². The van der Waals surface area contributed by atoms with Gasteiger partial charge >= 0.3 is 0 Å². The van der Waals surface area contributed by atoms with Gasteiger partial charge in [0, 0.05) is 33.5 Å². The molecule has 0 aromatic heterocycles. The lowest BCUT2D eigenvalue weighted by atomic mass is 9.84. The van der Waals surface area contributed by atoms with E-state index >= 15 is 0 Å². The Bertz CT molecular complexity index is 4480. The van der Waals surface area contributed by atoms with E-state index in [1.54, 1.807) is 0 Å². The molecule has 0 fully saturated rings. The largest absolute Gasteiger partial charge is 0.310 e. The summed E-state index contributed by atoms with van der Waals surface area (Å²) in [5.41, 5.74) is 16.1. The molecule has 15 rings (SSSR count). The van der Waals surface area contributed by atoms with Gasteiger partial charge in [-0.05, 0) is 159 Å². The summed E-state index contributed by atoms with van der Waals surface area (Å²) in [5.74, 6) is 0. The molecule has 0 saturated heterocycles. The van der Waals surface area contributed by atoms with Crippen molar-refractivity contribution in [2.45, 2.75) is 0 Å². The second-order valence-corrected chi connectivity index (χ2v) is 20.8. The zero-order chi connectivity index (χ0) is 52.9. The number of benzene rings is 15. The van der Waals surface area contributed by atoms with Crippen LogP contribution in [0.1, 0.15) is 0 Å². The molecule has 0 amide bonds. The average molecular weight is 1020 g/mol. The number of anilines is 6. The summed E-state index contributed by atoms with van der Waals surface area (Å²) in [7, 11) is 0. The van der Waals surface area contributed by atoms with E-state index in [4.69, 9.17) is 0 Å². The monoisotopic (exact) mass is 1020 g/mol. The molecular weight excluding hydrogens is 965 g/mol. The molecule has 15 aromatic rings. The number of hydrogen-bond donors (Lipinski definition) is 0. The van der Waals surface area contributed by atoms with E-state index in [-0.39, 0.29) is 0 Å². The fourth-order valence-electron chi connectivity index (χ4n) is 12.5. The fraction of sp³-hybridized carbons (Fsp3) is 0. The summed E-state index contributed by atoms with van der Waals surface area (Å²) < 4.78 is 0. The van der Waals surface area contributed by atoms with Crippen molar-refractivity contribution in [2.24, 2.45) is 0 Å². The number of fused-ring (bicyclic) bond motifs is 6. The Labute approximate surface area is 465 Å². The number of para-hydroxylation sites is 2. The Morgan fingerprint density at radius 3 is 0.887 bits per heavy atom. The third kappa shape index (κ3) is 8.13. The molecule has 0 bridgehead atoms. The van der Waals surface area contributed by atoms with Gasteiger partial charge < -0.3 is 9.80 Å². The summed E-state index contributed by atoms with van der Waals surface area (Å²) >= 11 is 0. The Morgan fingerprint density at radius 1 is 0.175 bits per heavy atom. The minimum atomic E-state index is 1.08. The smallest absolute Gasteiger partial charge is 0.0540 e. The number of rotatable bonds is 10. The predicted molar refractivity (Wildman–Crippen MR) is 343 cm³/mol. The second kappa shape index (κ2) is 19.8. The van der Waals surface area contributed by atoms with Gasteiger partial charge in [-0.2, -0.15) is 0 Å². The van der Waals surface area contributed by atoms with E-state index < -0.39 is 0 Å². The van der Waals surface area contributed by atoms with Gasteiger partial charge in [0.05, 0.1) is 11.4 Å². The SMILES string of the molecule is c1ccc(N(c2ccc3c(-c4ccc(-c5cccc6ccccc56)cc4)c4cc(N(c5ccccc5)c5cccc6ccccc56)ccc4c(-c4ccc(-c5cccc6ccccc56)cc4)c3c2)c2cccc3ccccc23)cc1. The average Bonchev–Trinajstić information content (AvgIpc) is 3.68. The van der Waals surface area contributed by atoms with Gasteiger partial charge in [0.15, 0.2) is 0 Å². The molecule has 0 aliphatic heterocycles. The molecule has 15 aromatic carbocycles. The summed E-state index contributed by atoms with van der Waals surface area (Å²) in [6.45, 7) is 0. The normalized spacial score (nSPS) is 11.5. The highest BCUT2D eigenvalue weighted by atomic mass is 15.1. The van der Waals surface area contributed by atoms with Crippen LogP contribution in [0.3, 0.4) is 0 Å². The van der Waals surface area contributed by atoms with Crippen LogP contribution >= 0.6 is 0 Å². The van der Waals surface area contributed by atoms with Crippen molar-refractivity contribution in [2.75, 3.05) is 9.80 Å². The van der Waals surface area contributed by atoms with E-state index in [2.05, 4.69) is 325 Å². The van der Waals surface area contributed by atoms with Crippen LogP contribution in [0.15, 0.2) is 315 Å². The molecule has 0 heterocycles. The van der Waals surface area contributed by atoms with Crippen LogP contribution in [0, 0.1) is 0 Å². The van der Waals surface area contributed by atoms with Crippen LogP contribution in [0.5, 0.6) is 0 Å². The molecule has 374 valence electrons. The first-order valence-corrected chi connectivity index (χ1v) is 27.6. The number of nitrogens with zero attached hydrogens (tertiary/aromatic N) is 2. The van der Waals surface area contributed by atoms with E-state index in [0.717, 1.165) is 45.3 Å². The van der Waals surface area contributed by atoms with Gasteiger partial charge in [-0.25, -0.2) is 0 Å². The van der Waals surface area contributed by atoms with E-state index in [0.29, 0.717) is 0 Å². The molecule has 2 nitrogen and oxygen atoms in total. The molecule has 0 aliphatic carbocycles. The summed E-state index contributed by atoms with van der Waals surface area (Å²) in [5, 5.41) is 14.4. The molecule has 0 aliphatic rings. The maximum atomic E-state index is 2.45. The zero-order valence-electron chi connectivity index (χ0n) is 43.9. The third-order valence-corrected chi connectivity index (χ3v) is 16.2. The lowest BCUT2D eigenvalue weighted by molar-refractivity contribution is 1.30. The van der Waals surface area contributed by atoms with Gasteiger partial charge in [-0.1, -0.05) is 255 Å². The van der Waals surface area contributed by atoms with Gasteiger partial charge in [-0.3, -0.25) is 0 Å². The van der Waals surface area contributed by atoms with Crippen LogP contribution in [0.4, 0.5) is 34.1 Å². The fourth-order valence-corrected chi connectivity index (χ4v) is 12.5. The molecule has 0 saturated carbocycles. The highest BCUT2D eigenvalue weighted by Gasteiger charge is 2.24. The third-order valence-electron chi connectivity index (χ3n) is 16.2. The molecule has 80 heavy (non-hydrogen) atoms. The van der Waals surface area contributed by atoms with Crippen LogP contribution in [-0.4, -0.2) is 0 Å². The molecule has 0 unspecified atom stereocenters. The topological polar surface area (TPSA) is 6.48 Å². The first-order chi connectivity index (χ1) is 39.7. The molecule has 0 N–H and O–H groups in total. The summed E-state index contributed by atoms with van der Waals surface area (Å²) in [4.78, 5) is 4.87. The van der Waals surface area contributed by atoms with Crippen molar-refractivity contribution in [3.05, 3.63) is 315 Å². The Kier molecular flexibility index (Phi) is 11.6. The molecule has 0 atom stereocenters. The van der Waals surface area contributed by atoms with Gasteiger partial charge in [0.1, 0.15) is 0 Å². The van der Waals surface area contributed by atoms with Gasteiger partial charge in [0.2, 0.25) is 0 Å². The highest BCUT2D eigenvalue weighted by Crippen LogP contribution is 2.50. The predicted octanol–water partition coefficient (Wildman–Crippen LogP) is 22.2. The first-order valence-electron chi connectivity index (χ1n) is 27.6. The minimum absolute atomic E-state index is 1.08. The number of hydrogen-bond acceptors (Lipinski definition) is 2. The summed E-state index contributed by atoms with van der Waals surface area (Å²) in [6.07, 6.45) is 0. The van der Waals surface area contributed by atoms with Crippen molar-refractivity contribution in [1.29, 1.82) is 0 Å². The molecule has 2 heteroatoms. The Hall–Kier alpha value is -10.5. The van der Waals surface area contributed by atoms with Crippen LogP contribution in [-0.2, 0) is 0 Å². The lowest BCUT2D eigenvalue weighted by Crippen LogP contribution is -2.11. The quantitative estimate of drug-likeness (QED) is 0.126. The van der Waals surface area contributed by atoms with Crippen molar-refractivity contribution in [3.8, 4) is 44.5 Å². The maximum absolute atomic E-state index is 2.45. The van der Waals surface area contributed by atoms with Crippen LogP contribution < -0.4 is 9.80 Å². The van der Waals surface area contributed by atoms with Crippen LogP contribution in [0.25, 0.3) is 109 Å².